The number of halogens is 1. The number of rotatable bonds is 8. The molecule has 0 unspecified atom stereocenters. The van der Waals surface area contributed by atoms with Crippen LogP contribution in [0.4, 0.5) is 0 Å². The van der Waals surface area contributed by atoms with Crippen molar-refractivity contribution >= 4 is 35.9 Å². The lowest BCUT2D eigenvalue weighted by Crippen LogP contribution is -2.29. The first kappa shape index (κ1) is 19.2. The van der Waals surface area contributed by atoms with Gasteiger partial charge < -0.3 is 9.64 Å². The second-order valence-corrected chi connectivity index (χ2v) is 4.83. The molecule has 1 aliphatic rings. The average molecular weight is 396 g/mol. The average Bonchev–Trinajstić information content (AvgIpc) is 2.86. The van der Waals surface area contributed by atoms with Gasteiger partial charge in [0.15, 0.2) is 0 Å². The number of nitrogens with zero attached hydrogens (tertiary/aromatic N) is 2. The fraction of sp³-hybridized carbons (Fsp3) is 0.714. The van der Waals surface area contributed by atoms with E-state index in [0.29, 0.717) is 13.1 Å². The van der Waals surface area contributed by atoms with Crippen LogP contribution in [0.5, 0.6) is 0 Å². The quantitative estimate of drug-likeness (QED) is 0.360. The highest BCUT2D eigenvalue weighted by molar-refractivity contribution is 14.0. The maximum Gasteiger partial charge on any atom is 0.305 e. The number of esters is 1. The third kappa shape index (κ3) is 7.72. The van der Waals surface area contributed by atoms with Gasteiger partial charge in [-0.2, -0.15) is 0 Å². The number of amides is 1. The smallest absolute Gasteiger partial charge is 0.305 e. The summed E-state index contributed by atoms with van der Waals surface area (Å²) < 4.78 is 4.59. The standard InChI is InChI=1S/C14H24N2O3.HI/c1-13(17)16-11-10-15(12-16)9-7-5-3-4-6-8-14(18)19-2;/h10-11H,3-9,12H2,1-2H3;1H. The Morgan fingerprint density at radius 1 is 1.10 bits per heavy atom. The molecule has 1 amide bonds. The second-order valence-electron chi connectivity index (χ2n) is 4.83. The SMILES string of the molecule is COC(=O)CCCCCCCN1C=CN(C(C)=O)C1.I. The molecule has 0 aromatic heterocycles. The summed E-state index contributed by atoms with van der Waals surface area (Å²) >= 11 is 0. The van der Waals surface area contributed by atoms with Gasteiger partial charge in [-0.25, -0.2) is 0 Å². The van der Waals surface area contributed by atoms with Crippen molar-refractivity contribution in [3.8, 4) is 0 Å². The number of unbranched alkanes of at least 4 members (excludes halogenated alkanes) is 4. The number of hydrogen-bond acceptors (Lipinski definition) is 4. The highest BCUT2D eigenvalue weighted by Gasteiger charge is 2.14. The Balaban J connectivity index is 0.00000361. The molecule has 0 spiro atoms. The van der Waals surface area contributed by atoms with E-state index in [1.165, 1.54) is 7.11 Å². The second kappa shape index (κ2) is 10.9. The van der Waals surface area contributed by atoms with Gasteiger partial charge in [0.25, 0.3) is 0 Å². The van der Waals surface area contributed by atoms with Gasteiger partial charge in [0.05, 0.1) is 13.8 Å². The van der Waals surface area contributed by atoms with Gasteiger partial charge in [0, 0.05) is 32.3 Å². The van der Waals surface area contributed by atoms with Crippen LogP contribution in [-0.2, 0) is 14.3 Å². The van der Waals surface area contributed by atoms with E-state index in [1.54, 1.807) is 11.8 Å². The molecule has 0 aromatic carbocycles. The summed E-state index contributed by atoms with van der Waals surface area (Å²) in [6, 6.07) is 0. The molecule has 116 valence electrons. The molecule has 1 aliphatic heterocycles. The van der Waals surface area contributed by atoms with Crippen molar-refractivity contribution in [1.29, 1.82) is 0 Å². The van der Waals surface area contributed by atoms with E-state index in [2.05, 4.69) is 9.64 Å². The van der Waals surface area contributed by atoms with Crippen molar-refractivity contribution in [2.24, 2.45) is 0 Å². The van der Waals surface area contributed by atoms with Gasteiger partial charge in [0.1, 0.15) is 0 Å². The molecular weight excluding hydrogens is 371 g/mol. The van der Waals surface area contributed by atoms with Crippen LogP contribution in [0.2, 0.25) is 0 Å². The maximum absolute atomic E-state index is 11.1. The van der Waals surface area contributed by atoms with Crippen molar-refractivity contribution in [3.63, 3.8) is 0 Å². The minimum Gasteiger partial charge on any atom is -0.469 e. The maximum atomic E-state index is 11.1. The van der Waals surface area contributed by atoms with Crippen LogP contribution >= 0.6 is 24.0 Å². The summed E-state index contributed by atoms with van der Waals surface area (Å²) in [7, 11) is 1.43. The monoisotopic (exact) mass is 396 g/mol. The molecule has 0 aliphatic carbocycles. The summed E-state index contributed by atoms with van der Waals surface area (Å²) in [6.07, 6.45) is 9.74. The first-order valence-electron chi connectivity index (χ1n) is 6.90. The zero-order chi connectivity index (χ0) is 14.1. The Morgan fingerprint density at radius 3 is 2.35 bits per heavy atom. The third-order valence-corrected chi connectivity index (χ3v) is 3.25. The van der Waals surface area contributed by atoms with Crippen molar-refractivity contribution in [1.82, 2.24) is 9.80 Å². The largest absolute Gasteiger partial charge is 0.469 e. The molecule has 0 saturated heterocycles. The summed E-state index contributed by atoms with van der Waals surface area (Å²) in [4.78, 5) is 25.9. The molecule has 0 atom stereocenters. The Kier molecular flexibility index (Phi) is 10.5. The van der Waals surface area contributed by atoms with E-state index < -0.39 is 0 Å². The molecule has 0 aromatic rings. The molecular formula is C14H25IN2O3. The van der Waals surface area contributed by atoms with Gasteiger partial charge >= 0.3 is 5.97 Å². The number of hydrogen-bond donors (Lipinski definition) is 0. The number of carbonyl (C=O) groups excluding carboxylic acids is 2. The predicted molar refractivity (Wildman–Crippen MR) is 88.4 cm³/mol. The predicted octanol–water partition coefficient (Wildman–Crippen LogP) is 2.71. The number of ether oxygens (including phenoxy) is 1. The van der Waals surface area contributed by atoms with Crippen molar-refractivity contribution in [2.45, 2.75) is 45.4 Å². The fourth-order valence-corrected chi connectivity index (χ4v) is 2.03. The highest BCUT2D eigenvalue weighted by atomic mass is 127. The van der Waals surface area contributed by atoms with E-state index in [9.17, 15) is 9.59 Å². The van der Waals surface area contributed by atoms with Crippen LogP contribution in [0.15, 0.2) is 12.4 Å². The van der Waals surface area contributed by atoms with E-state index in [4.69, 9.17) is 0 Å². The minimum absolute atomic E-state index is 0. The van der Waals surface area contributed by atoms with Gasteiger partial charge in [-0.05, 0) is 12.8 Å². The lowest BCUT2D eigenvalue weighted by molar-refractivity contribution is -0.140. The van der Waals surface area contributed by atoms with E-state index in [0.717, 1.165) is 38.6 Å². The lowest BCUT2D eigenvalue weighted by Gasteiger charge is -2.18. The zero-order valence-corrected chi connectivity index (χ0v) is 14.7. The van der Waals surface area contributed by atoms with Crippen molar-refractivity contribution in [2.75, 3.05) is 20.3 Å². The summed E-state index contributed by atoms with van der Waals surface area (Å²) in [5, 5.41) is 0. The number of carbonyl (C=O) groups is 2. The molecule has 0 N–H and O–H groups in total. The van der Waals surface area contributed by atoms with Crippen LogP contribution in [0.3, 0.4) is 0 Å². The molecule has 1 heterocycles. The Morgan fingerprint density at radius 2 is 1.75 bits per heavy atom. The molecule has 0 bridgehead atoms. The molecule has 1 rings (SSSR count). The summed E-state index contributed by atoms with van der Waals surface area (Å²) in [6.45, 7) is 3.24. The van der Waals surface area contributed by atoms with Gasteiger partial charge in [-0.15, -0.1) is 24.0 Å². The van der Waals surface area contributed by atoms with Crippen LogP contribution in [0.1, 0.15) is 45.4 Å². The van der Waals surface area contributed by atoms with Crippen LogP contribution in [0, 0.1) is 0 Å². The summed E-state index contributed by atoms with van der Waals surface area (Å²) in [5.74, 6) is -0.0342. The molecule has 0 saturated carbocycles. The normalized spacial score (nSPS) is 13.3. The first-order chi connectivity index (χ1) is 9.13. The van der Waals surface area contributed by atoms with Crippen LogP contribution in [-0.4, -0.2) is 42.0 Å². The van der Waals surface area contributed by atoms with Gasteiger partial charge in [-0.3, -0.25) is 14.5 Å². The zero-order valence-electron chi connectivity index (χ0n) is 12.3. The van der Waals surface area contributed by atoms with Crippen molar-refractivity contribution in [3.05, 3.63) is 12.4 Å². The van der Waals surface area contributed by atoms with Crippen LogP contribution < -0.4 is 0 Å². The van der Waals surface area contributed by atoms with Crippen molar-refractivity contribution < 1.29 is 14.3 Å². The molecule has 5 nitrogen and oxygen atoms in total. The topological polar surface area (TPSA) is 49.9 Å². The molecule has 20 heavy (non-hydrogen) atoms. The Labute approximate surface area is 138 Å². The van der Waals surface area contributed by atoms with E-state index in [-0.39, 0.29) is 35.9 Å². The molecule has 0 fully saturated rings. The minimum atomic E-state index is -0.119. The van der Waals surface area contributed by atoms with E-state index in [1.807, 2.05) is 12.4 Å². The van der Waals surface area contributed by atoms with E-state index >= 15 is 0 Å². The number of methoxy groups -OCH3 is 1. The lowest BCUT2D eigenvalue weighted by atomic mass is 10.1. The molecule has 0 radical (unpaired) electrons. The van der Waals surface area contributed by atoms with Gasteiger partial charge in [-0.1, -0.05) is 19.3 Å². The first-order valence-corrected chi connectivity index (χ1v) is 6.90. The third-order valence-electron chi connectivity index (χ3n) is 3.25. The molecule has 6 heteroatoms. The summed E-state index contributed by atoms with van der Waals surface area (Å²) in [5.41, 5.74) is 0. The Bertz CT molecular complexity index is 334. The highest BCUT2D eigenvalue weighted by Crippen LogP contribution is 2.10. The fourth-order valence-electron chi connectivity index (χ4n) is 2.03. The van der Waals surface area contributed by atoms with Gasteiger partial charge in [0.2, 0.25) is 5.91 Å². The van der Waals surface area contributed by atoms with Crippen LogP contribution in [0.25, 0.3) is 0 Å². The Hall–Kier alpha value is -0.790.